The summed E-state index contributed by atoms with van der Waals surface area (Å²) in [5.41, 5.74) is 5.66. The average molecular weight is 435 g/mol. The third kappa shape index (κ3) is 2.27. The first-order chi connectivity index (χ1) is 15.4. The lowest BCUT2D eigenvalue weighted by Gasteiger charge is -2.26. The molecule has 162 valence electrons. The molecule has 2 saturated heterocycles. The lowest BCUT2D eigenvalue weighted by atomic mass is 9.76. The molecule has 0 aromatic heterocycles. The van der Waals surface area contributed by atoms with Crippen LogP contribution in [0.3, 0.4) is 0 Å². The molecule has 32 heavy (non-hydrogen) atoms. The lowest BCUT2D eigenvalue weighted by Crippen LogP contribution is -2.99. The summed E-state index contributed by atoms with van der Waals surface area (Å²) < 4.78 is 10.7. The van der Waals surface area contributed by atoms with Gasteiger partial charge in [-0.2, -0.15) is 0 Å². The first-order valence-electron chi connectivity index (χ1n) is 10.2. The van der Waals surface area contributed by atoms with Crippen LogP contribution in [0.15, 0.2) is 42.5 Å². The number of nitrogens with zero attached hydrogens (tertiary/aromatic N) is 1. The van der Waals surface area contributed by atoms with E-state index in [0.717, 1.165) is 4.90 Å². The Bertz CT molecular complexity index is 1230. The Morgan fingerprint density at radius 3 is 2.72 bits per heavy atom. The fraction of sp³-hybridized carbons (Fsp3) is 0.273. The number of nitrogens with one attached hydrogen (secondary N) is 1. The molecule has 0 aliphatic carbocycles. The van der Waals surface area contributed by atoms with Gasteiger partial charge in [0, 0.05) is 11.6 Å². The van der Waals surface area contributed by atoms with Crippen molar-refractivity contribution >= 4 is 35.0 Å². The Kier molecular flexibility index (Phi) is 3.70. The number of quaternary nitrogens is 1. The van der Waals surface area contributed by atoms with Crippen LogP contribution in [0.2, 0.25) is 0 Å². The number of fused-ring (bicyclic) bond motifs is 5. The lowest BCUT2D eigenvalue weighted by molar-refractivity contribution is -0.732. The predicted molar refractivity (Wildman–Crippen MR) is 108 cm³/mol. The molecule has 1 spiro atoms. The molecule has 5 N–H and O–H groups in total. The van der Waals surface area contributed by atoms with Crippen LogP contribution in [0.4, 0.5) is 11.4 Å². The fourth-order valence-electron chi connectivity index (χ4n) is 5.62. The van der Waals surface area contributed by atoms with Gasteiger partial charge in [0.25, 0.3) is 5.91 Å². The van der Waals surface area contributed by atoms with Gasteiger partial charge < -0.3 is 25.8 Å². The Morgan fingerprint density at radius 2 is 1.91 bits per heavy atom. The van der Waals surface area contributed by atoms with Crippen molar-refractivity contribution in [2.45, 2.75) is 18.0 Å². The van der Waals surface area contributed by atoms with Gasteiger partial charge in [0.2, 0.25) is 30.1 Å². The molecule has 2 aromatic rings. The monoisotopic (exact) mass is 435 g/mol. The molecule has 0 bridgehead atoms. The van der Waals surface area contributed by atoms with Gasteiger partial charge in [0.15, 0.2) is 11.5 Å². The van der Waals surface area contributed by atoms with Crippen molar-refractivity contribution in [1.82, 2.24) is 0 Å². The first-order valence-corrected chi connectivity index (χ1v) is 10.2. The van der Waals surface area contributed by atoms with Crippen LogP contribution < -0.4 is 30.7 Å². The second-order valence-corrected chi connectivity index (χ2v) is 8.42. The van der Waals surface area contributed by atoms with E-state index in [0.29, 0.717) is 28.4 Å². The van der Waals surface area contributed by atoms with Crippen LogP contribution in [-0.2, 0) is 24.7 Å². The van der Waals surface area contributed by atoms with Gasteiger partial charge in [-0.05, 0) is 18.2 Å². The maximum atomic E-state index is 13.8. The van der Waals surface area contributed by atoms with Crippen LogP contribution in [0.5, 0.6) is 11.5 Å². The SMILES string of the molecule is NC(=O)C[C@@H]1[NH2+][C@]2(C(=O)Nc3ccccc32)[C@@H]2C(=O)N(c3ccc4c(c3)OCO4)C(=O)[C@H]12. The molecule has 4 heterocycles. The van der Waals surface area contributed by atoms with E-state index in [1.54, 1.807) is 47.8 Å². The molecule has 0 saturated carbocycles. The minimum atomic E-state index is -1.35. The molecule has 4 aliphatic heterocycles. The van der Waals surface area contributed by atoms with Crippen molar-refractivity contribution in [3.8, 4) is 11.5 Å². The normalized spacial score (nSPS) is 29.4. The summed E-state index contributed by atoms with van der Waals surface area (Å²) in [5.74, 6) is -2.84. The zero-order valence-corrected chi connectivity index (χ0v) is 16.7. The zero-order valence-electron chi connectivity index (χ0n) is 16.7. The molecule has 0 unspecified atom stereocenters. The minimum Gasteiger partial charge on any atom is -0.454 e. The van der Waals surface area contributed by atoms with Crippen LogP contribution in [0, 0.1) is 11.8 Å². The maximum Gasteiger partial charge on any atom is 0.291 e. The van der Waals surface area contributed by atoms with E-state index >= 15 is 0 Å². The van der Waals surface area contributed by atoms with Gasteiger partial charge >= 0.3 is 0 Å². The molecule has 4 atom stereocenters. The molecule has 4 amide bonds. The molecule has 2 fully saturated rings. The zero-order chi connectivity index (χ0) is 22.2. The number of benzene rings is 2. The van der Waals surface area contributed by atoms with Crippen LogP contribution in [-0.4, -0.2) is 36.5 Å². The minimum absolute atomic E-state index is 0.0572. The highest BCUT2D eigenvalue weighted by atomic mass is 16.7. The number of rotatable bonds is 3. The number of nitrogens with two attached hydrogens (primary N) is 2. The third-order valence-corrected chi connectivity index (χ3v) is 6.83. The van der Waals surface area contributed by atoms with E-state index in [1.807, 2.05) is 0 Å². The van der Waals surface area contributed by atoms with Gasteiger partial charge in [0.05, 0.1) is 17.8 Å². The van der Waals surface area contributed by atoms with E-state index in [1.165, 1.54) is 0 Å². The Morgan fingerprint density at radius 1 is 1.12 bits per heavy atom. The Labute approximate surface area is 181 Å². The van der Waals surface area contributed by atoms with Crippen LogP contribution >= 0.6 is 0 Å². The standard InChI is InChI=1S/C22H18N4O6/c23-16(27)8-13-17-18(22(25-13)11-3-1-2-4-12(11)24-21(22)30)20(29)26(19(17)28)10-5-6-14-15(7-10)32-9-31-14/h1-7,13,17-18,25H,8-9H2,(H2,23,27)(H,24,30)/p+1/t13-,17+,18-,22-/m0/s1. The number of primary amides is 1. The molecule has 10 nitrogen and oxygen atoms in total. The smallest absolute Gasteiger partial charge is 0.291 e. The van der Waals surface area contributed by atoms with Crippen LogP contribution in [0.25, 0.3) is 0 Å². The molecule has 4 aliphatic rings. The second kappa shape index (κ2) is 6.30. The molecular formula is C22H19N4O6+. The number of anilines is 2. The van der Waals surface area contributed by atoms with Crippen molar-refractivity contribution < 1.29 is 34.0 Å². The highest BCUT2D eigenvalue weighted by molar-refractivity contribution is 6.25. The van der Waals surface area contributed by atoms with Crippen LogP contribution in [0.1, 0.15) is 12.0 Å². The summed E-state index contributed by atoms with van der Waals surface area (Å²) in [4.78, 5) is 53.5. The number of hydrogen-bond acceptors (Lipinski definition) is 6. The van der Waals surface area contributed by atoms with Crippen molar-refractivity contribution in [3.63, 3.8) is 0 Å². The van der Waals surface area contributed by atoms with Crippen molar-refractivity contribution in [2.75, 3.05) is 17.0 Å². The summed E-state index contributed by atoms with van der Waals surface area (Å²) in [7, 11) is 0. The number of hydrogen-bond donors (Lipinski definition) is 3. The number of amides is 4. The molecule has 10 heteroatoms. The fourth-order valence-corrected chi connectivity index (χ4v) is 5.62. The second-order valence-electron chi connectivity index (χ2n) is 8.42. The van der Waals surface area contributed by atoms with E-state index in [2.05, 4.69) is 5.32 Å². The van der Waals surface area contributed by atoms with E-state index in [-0.39, 0.29) is 19.1 Å². The molecule has 2 aromatic carbocycles. The summed E-state index contributed by atoms with van der Waals surface area (Å²) in [6, 6.07) is 11.2. The summed E-state index contributed by atoms with van der Waals surface area (Å²) in [6.45, 7) is 0.0572. The predicted octanol–water partition coefficient (Wildman–Crippen LogP) is -0.810. The number of imide groups is 1. The third-order valence-electron chi connectivity index (χ3n) is 6.83. The largest absolute Gasteiger partial charge is 0.454 e. The van der Waals surface area contributed by atoms with Gasteiger partial charge in [-0.1, -0.05) is 18.2 Å². The van der Waals surface area contributed by atoms with E-state index < -0.39 is 41.1 Å². The quantitative estimate of drug-likeness (QED) is 0.538. The summed E-state index contributed by atoms with van der Waals surface area (Å²) in [5, 5.41) is 4.52. The van der Waals surface area contributed by atoms with Gasteiger partial charge in [-0.25, -0.2) is 4.90 Å². The Hall–Kier alpha value is -3.92. The first kappa shape index (κ1) is 18.8. The summed E-state index contributed by atoms with van der Waals surface area (Å²) in [6.07, 6.45) is -0.133. The summed E-state index contributed by atoms with van der Waals surface area (Å²) >= 11 is 0. The van der Waals surface area contributed by atoms with Gasteiger partial charge in [0.1, 0.15) is 17.9 Å². The number of carbonyl (C=O) groups excluding carboxylic acids is 4. The van der Waals surface area contributed by atoms with E-state index in [9.17, 15) is 19.2 Å². The van der Waals surface area contributed by atoms with Crippen molar-refractivity contribution in [1.29, 1.82) is 0 Å². The maximum absolute atomic E-state index is 13.8. The highest BCUT2D eigenvalue weighted by Gasteiger charge is 2.74. The number of ether oxygens (including phenoxy) is 2. The topological polar surface area (TPSA) is 145 Å². The average Bonchev–Trinajstić information content (AvgIpc) is 3.48. The van der Waals surface area contributed by atoms with Gasteiger partial charge in [-0.3, -0.25) is 19.2 Å². The van der Waals surface area contributed by atoms with Crippen molar-refractivity contribution in [3.05, 3.63) is 48.0 Å². The highest BCUT2D eigenvalue weighted by Crippen LogP contribution is 2.50. The molecule has 6 rings (SSSR count). The Balaban J connectivity index is 1.49. The molecular weight excluding hydrogens is 416 g/mol. The number of carbonyl (C=O) groups is 4. The van der Waals surface area contributed by atoms with Gasteiger partial charge in [-0.15, -0.1) is 0 Å². The van der Waals surface area contributed by atoms with E-state index in [4.69, 9.17) is 15.2 Å². The number of para-hydroxylation sites is 1. The molecule has 0 radical (unpaired) electrons. The van der Waals surface area contributed by atoms with Crippen molar-refractivity contribution in [2.24, 2.45) is 17.6 Å².